The molecule has 1 aliphatic heterocycles. The van der Waals surface area contributed by atoms with Crippen molar-refractivity contribution in [3.8, 4) is 5.75 Å². The fourth-order valence-corrected chi connectivity index (χ4v) is 2.22. The van der Waals surface area contributed by atoms with E-state index in [1.54, 1.807) is 0 Å². The number of hydrogen-bond acceptors (Lipinski definition) is 3. The Balaban J connectivity index is 0.00000180. The number of amides is 1. The van der Waals surface area contributed by atoms with E-state index < -0.39 is 0 Å². The second-order valence-corrected chi connectivity index (χ2v) is 4.87. The summed E-state index contributed by atoms with van der Waals surface area (Å²) in [5, 5.41) is 3.27. The van der Waals surface area contributed by atoms with Crippen molar-refractivity contribution in [2.75, 3.05) is 13.1 Å². The Labute approximate surface area is 120 Å². The summed E-state index contributed by atoms with van der Waals surface area (Å²) in [7, 11) is 0. The van der Waals surface area contributed by atoms with E-state index in [0.717, 1.165) is 30.8 Å². The number of ether oxygens (including phenoxy) is 1. The molecule has 0 aliphatic carbocycles. The molecule has 0 radical (unpaired) electrons. The summed E-state index contributed by atoms with van der Waals surface area (Å²) >= 11 is 0. The molecule has 0 aromatic heterocycles. The number of benzene rings is 1. The van der Waals surface area contributed by atoms with Crippen LogP contribution in [0.2, 0.25) is 0 Å². The predicted molar refractivity (Wildman–Crippen MR) is 77.8 cm³/mol. The van der Waals surface area contributed by atoms with Crippen molar-refractivity contribution in [3.05, 3.63) is 29.8 Å². The zero-order chi connectivity index (χ0) is 13.0. The van der Waals surface area contributed by atoms with Gasteiger partial charge in [0.2, 0.25) is 5.91 Å². The summed E-state index contributed by atoms with van der Waals surface area (Å²) in [6, 6.07) is 7.94. The molecular formula is C14H21ClN2O2. The van der Waals surface area contributed by atoms with Crippen LogP contribution in [0.25, 0.3) is 0 Å². The molecule has 1 aromatic carbocycles. The van der Waals surface area contributed by atoms with E-state index in [0.29, 0.717) is 6.42 Å². The summed E-state index contributed by atoms with van der Waals surface area (Å²) in [5.41, 5.74) is 6.32. The van der Waals surface area contributed by atoms with E-state index >= 15 is 0 Å². The number of nitrogens with two attached hydrogens (primary N) is 1. The monoisotopic (exact) mass is 284 g/mol. The van der Waals surface area contributed by atoms with Crippen LogP contribution in [0.3, 0.4) is 0 Å². The molecule has 2 atom stereocenters. The third kappa shape index (κ3) is 4.73. The molecule has 0 saturated carbocycles. The smallest absolute Gasteiger partial charge is 0.218 e. The third-order valence-corrected chi connectivity index (χ3v) is 3.27. The van der Waals surface area contributed by atoms with Crippen LogP contribution in [-0.2, 0) is 4.79 Å². The maximum atomic E-state index is 10.9. The minimum absolute atomic E-state index is 0. The molecule has 106 valence electrons. The maximum Gasteiger partial charge on any atom is 0.218 e. The number of hydrogen-bond donors (Lipinski definition) is 2. The molecule has 1 aliphatic rings. The Morgan fingerprint density at radius 1 is 1.47 bits per heavy atom. The molecule has 4 nitrogen and oxygen atoms in total. The Morgan fingerprint density at radius 3 is 2.68 bits per heavy atom. The molecule has 1 heterocycles. The van der Waals surface area contributed by atoms with Crippen LogP contribution in [0.15, 0.2) is 24.3 Å². The molecule has 0 unspecified atom stereocenters. The topological polar surface area (TPSA) is 64.4 Å². The molecule has 1 amide bonds. The molecule has 5 heteroatoms. The number of primary amides is 1. The number of rotatable bonds is 5. The molecular weight excluding hydrogens is 264 g/mol. The van der Waals surface area contributed by atoms with Gasteiger partial charge in [-0.3, -0.25) is 4.79 Å². The number of nitrogens with one attached hydrogen (secondary N) is 1. The van der Waals surface area contributed by atoms with Crippen molar-refractivity contribution in [3.63, 3.8) is 0 Å². The van der Waals surface area contributed by atoms with Gasteiger partial charge >= 0.3 is 0 Å². The normalized spacial score (nSPS) is 19.5. The van der Waals surface area contributed by atoms with Gasteiger partial charge in [-0.05, 0) is 36.6 Å². The highest BCUT2D eigenvalue weighted by Gasteiger charge is 2.16. The fourth-order valence-electron chi connectivity index (χ4n) is 2.22. The number of halogens is 1. The van der Waals surface area contributed by atoms with E-state index in [4.69, 9.17) is 10.5 Å². The molecule has 1 fully saturated rings. The second kappa shape index (κ2) is 7.36. The Morgan fingerprint density at radius 2 is 2.16 bits per heavy atom. The van der Waals surface area contributed by atoms with Gasteiger partial charge < -0.3 is 15.8 Å². The van der Waals surface area contributed by atoms with Crippen molar-refractivity contribution in [2.45, 2.75) is 31.8 Å². The lowest BCUT2D eigenvalue weighted by Crippen LogP contribution is -2.19. The van der Waals surface area contributed by atoms with Gasteiger partial charge in [0.1, 0.15) is 11.9 Å². The van der Waals surface area contributed by atoms with Crippen LogP contribution < -0.4 is 15.8 Å². The van der Waals surface area contributed by atoms with E-state index in [1.165, 1.54) is 0 Å². The maximum absolute atomic E-state index is 10.9. The minimum atomic E-state index is -0.264. The summed E-state index contributed by atoms with van der Waals surface area (Å²) in [6.07, 6.45) is 1.71. The van der Waals surface area contributed by atoms with Crippen molar-refractivity contribution in [1.29, 1.82) is 0 Å². The fraction of sp³-hybridized carbons (Fsp3) is 0.500. The van der Waals surface area contributed by atoms with Gasteiger partial charge in [-0.25, -0.2) is 0 Å². The molecule has 3 N–H and O–H groups in total. The number of carbonyl (C=O) groups is 1. The highest BCUT2D eigenvalue weighted by molar-refractivity contribution is 5.85. The first-order valence-corrected chi connectivity index (χ1v) is 6.41. The van der Waals surface area contributed by atoms with Gasteiger partial charge in [-0.2, -0.15) is 0 Å². The first-order valence-electron chi connectivity index (χ1n) is 6.41. The highest BCUT2D eigenvalue weighted by Crippen LogP contribution is 2.22. The first kappa shape index (κ1) is 15.8. The lowest BCUT2D eigenvalue weighted by Gasteiger charge is -2.14. The Hall–Kier alpha value is -1.26. The zero-order valence-corrected chi connectivity index (χ0v) is 11.9. The minimum Gasteiger partial charge on any atom is -0.489 e. The van der Waals surface area contributed by atoms with Crippen molar-refractivity contribution in [2.24, 2.45) is 5.73 Å². The SMILES string of the molecule is C[C@@H](CC(N)=O)c1ccc(O[C@@H]2CCNC2)cc1.Cl. The van der Waals surface area contributed by atoms with Crippen LogP contribution >= 0.6 is 12.4 Å². The van der Waals surface area contributed by atoms with Crippen LogP contribution in [0.4, 0.5) is 0 Å². The number of carbonyl (C=O) groups excluding carboxylic acids is 1. The molecule has 1 saturated heterocycles. The van der Waals surface area contributed by atoms with Gasteiger partial charge in [0.25, 0.3) is 0 Å². The molecule has 19 heavy (non-hydrogen) atoms. The van der Waals surface area contributed by atoms with E-state index in [2.05, 4.69) is 5.32 Å². The largest absolute Gasteiger partial charge is 0.489 e. The summed E-state index contributed by atoms with van der Waals surface area (Å²) in [6.45, 7) is 3.94. The van der Waals surface area contributed by atoms with Gasteiger partial charge in [-0.15, -0.1) is 12.4 Å². The molecule has 0 bridgehead atoms. The van der Waals surface area contributed by atoms with Crippen molar-refractivity contribution >= 4 is 18.3 Å². The molecule has 2 rings (SSSR count). The zero-order valence-electron chi connectivity index (χ0n) is 11.1. The van der Waals surface area contributed by atoms with E-state index in [-0.39, 0.29) is 30.3 Å². The van der Waals surface area contributed by atoms with E-state index in [9.17, 15) is 4.79 Å². The molecule has 0 spiro atoms. The lowest BCUT2D eigenvalue weighted by atomic mass is 9.97. The average molecular weight is 285 g/mol. The summed E-state index contributed by atoms with van der Waals surface area (Å²) < 4.78 is 5.84. The van der Waals surface area contributed by atoms with Crippen molar-refractivity contribution < 1.29 is 9.53 Å². The highest BCUT2D eigenvalue weighted by atomic mass is 35.5. The Bertz CT molecular complexity index is 402. The van der Waals surface area contributed by atoms with Gasteiger partial charge in [0.15, 0.2) is 0 Å². The van der Waals surface area contributed by atoms with Crippen molar-refractivity contribution in [1.82, 2.24) is 5.32 Å². The predicted octanol–water partition coefficient (Wildman–Crippen LogP) is 1.83. The van der Waals surface area contributed by atoms with Crippen LogP contribution in [0, 0.1) is 0 Å². The Kier molecular flexibility index (Phi) is 6.12. The first-order chi connectivity index (χ1) is 8.65. The molecule has 1 aromatic rings. The average Bonchev–Trinajstić information content (AvgIpc) is 2.82. The quantitative estimate of drug-likeness (QED) is 0.867. The summed E-state index contributed by atoms with van der Waals surface area (Å²) in [4.78, 5) is 10.9. The lowest BCUT2D eigenvalue weighted by molar-refractivity contribution is -0.118. The third-order valence-electron chi connectivity index (χ3n) is 3.27. The standard InChI is InChI=1S/C14H20N2O2.ClH/c1-10(8-14(15)17)11-2-4-12(5-3-11)18-13-6-7-16-9-13;/h2-5,10,13,16H,6-9H2,1H3,(H2,15,17);1H/t10-,13+;/m0./s1. The van der Waals surface area contributed by atoms with Gasteiger partial charge in [0.05, 0.1) is 0 Å². The van der Waals surface area contributed by atoms with Gasteiger partial charge in [-0.1, -0.05) is 19.1 Å². The second-order valence-electron chi connectivity index (χ2n) is 4.87. The summed E-state index contributed by atoms with van der Waals surface area (Å²) in [5.74, 6) is 0.781. The van der Waals surface area contributed by atoms with Crippen LogP contribution in [0.5, 0.6) is 5.75 Å². The van der Waals surface area contributed by atoms with E-state index in [1.807, 2.05) is 31.2 Å². The van der Waals surface area contributed by atoms with Crippen LogP contribution in [0.1, 0.15) is 31.2 Å². The van der Waals surface area contributed by atoms with Crippen LogP contribution in [-0.4, -0.2) is 25.1 Å². The van der Waals surface area contributed by atoms with Gasteiger partial charge in [0, 0.05) is 13.0 Å².